The maximum atomic E-state index is 11.1. The number of hydrogen-bond acceptors (Lipinski definition) is 5. The minimum Gasteiger partial charge on any atom is -0.377 e. The van der Waals surface area contributed by atoms with Gasteiger partial charge in [0, 0.05) is 44.0 Å². The van der Waals surface area contributed by atoms with Gasteiger partial charge in [-0.05, 0) is 50.2 Å². The number of piperidine rings is 1. The number of nitrogens with zero attached hydrogens (tertiary/aromatic N) is 2. The lowest BCUT2D eigenvalue weighted by atomic mass is 10.1. The molecule has 132 valence electrons. The van der Waals surface area contributed by atoms with Crippen LogP contribution >= 0.6 is 0 Å². The second-order valence-corrected chi connectivity index (χ2v) is 6.56. The molecule has 2 aliphatic rings. The normalized spacial score (nSPS) is 20.2. The van der Waals surface area contributed by atoms with Crippen LogP contribution in [0.25, 0.3) is 0 Å². The second kappa shape index (κ2) is 8.46. The first kappa shape index (κ1) is 17.2. The number of carbonyl (C=O) groups is 1. The van der Waals surface area contributed by atoms with E-state index in [1.165, 1.54) is 0 Å². The Morgan fingerprint density at radius 2 is 1.79 bits per heavy atom. The average molecular weight is 332 g/mol. The van der Waals surface area contributed by atoms with Crippen LogP contribution in [0.2, 0.25) is 0 Å². The molecule has 2 fully saturated rings. The lowest BCUT2D eigenvalue weighted by Gasteiger charge is -2.36. The highest BCUT2D eigenvalue weighted by molar-refractivity contribution is 5.93. The molecule has 0 aliphatic carbocycles. The topological polar surface area (TPSA) is 70.8 Å². The second-order valence-electron chi connectivity index (χ2n) is 6.56. The molecular weight excluding hydrogens is 304 g/mol. The summed E-state index contributed by atoms with van der Waals surface area (Å²) < 4.78 is 5.99. The lowest BCUT2D eigenvalue weighted by Crippen LogP contribution is -2.47. The molecule has 1 amide bonds. The Morgan fingerprint density at radius 3 is 2.42 bits per heavy atom. The molecule has 0 radical (unpaired) electrons. The minimum atomic E-state index is -0.375. The molecule has 1 aromatic carbocycles. The first-order chi connectivity index (χ1) is 11.7. The first-order valence-electron chi connectivity index (χ1n) is 8.92. The number of benzene rings is 1. The summed E-state index contributed by atoms with van der Waals surface area (Å²) in [6.07, 6.45) is 2.71. The molecule has 2 aliphatic heterocycles. The number of primary amides is 1. The third-order valence-corrected chi connectivity index (χ3v) is 4.94. The van der Waals surface area contributed by atoms with Gasteiger partial charge in [-0.2, -0.15) is 0 Å². The Balaban J connectivity index is 1.38. The van der Waals surface area contributed by atoms with Gasteiger partial charge in [0.15, 0.2) is 0 Å². The highest BCUT2D eigenvalue weighted by Gasteiger charge is 2.18. The van der Waals surface area contributed by atoms with Crippen LogP contribution in [0.1, 0.15) is 23.2 Å². The molecule has 0 aromatic heterocycles. The fourth-order valence-electron chi connectivity index (χ4n) is 3.38. The highest BCUT2D eigenvalue weighted by Crippen LogP contribution is 2.17. The van der Waals surface area contributed by atoms with Gasteiger partial charge >= 0.3 is 0 Å². The Kier molecular flexibility index (Phi) is 6.07. The minimum absolute atomic E-state index is 0.375. The van der Waals surface area contributed by atoms with Crippen molar-refractivity contribution in [3.63, 3.8) is 0 Å². The number of anilines is 1. The third kappa shape index (κ3) is 4.69. The SMILES string of the molecule is NC(=O)c1ccc(N2CCN(CCOC3CCNCC3)CC2)cc1. The molecule has 6 heteroatoms. The van der Waals surface area contributed by atoms with E-state index in [0.29, 0.717) is 11.7 Å². The van der Waals surface area contributed by atoms with Crippen molar-refractivity contribution in [2.45, 2.75) is 18.9 Å². The monoisotopic (exact) mass is 332 g/mol. The van der Waals surface area contributed by atoms with Gasteiger partial charge in [0.2, 0.25) is 5.91 Å². The Labute approximate surface area is 143 Å². The number of rotatable bonds is 6. The molecule has 6 nitrogen and oxygen atoms in total. The Morgan fingerprint density at radius 1 is 1.12 bits per heavy atom. The third-order valence-electron chi connectivity index (χ3n) is 4.94. The highest BCUT2D eigenvalue weighted by atomic mass is 16.5. The molecule has 0 saturated carbocycles. The van der Waals surface area contributed by atoms with E-state index in [4.69, 9.17) is 10.5 Å². The maximum Gasteiger partial charge on any atom is 0.248 e. The van der Waals surface area contributed by atoms with Gasteiger partial charge in [-0.25, -0.2) is 0 Å². The molecule has 0 spiro atoms. The van der Waals surface area contributed by atoms with Gasteiger partial charge in [0.25, 0.3) is 0 Å². The average Bonchev–Trinajstić information content (AvgIpc) is 2.63. The van der Waals surface area contributed by atoms with Crippen LogP contribution in [-0.4, -0.2) is 69.3 Å². The van der Waals surface area contributed by atoms with Gasteiger partial charge in [0.1, 0.15) is 0 Å². The summed E-state index contributed by atoms with van der Waals surface area (Å²) in [7, 11) is 0. The maximum absolute atomic E-state index is 11.1. The quantitative estimate of drug-likeness (QED) is 0.801. The van der Waals surface area contributed by atoms with Crippen LogP contribution in [0.3, 0.4) is 0 Å². The predicted octanol–water partition coefficient (Wildman–Crippen LogP) is 0.676. The van der Waals surface area contributed by atoms with E-state index < -0.39 is 0 Å². The van der Waals surface area contributed by atoms with Crippen molar-refractivity contribution < 1.29 is 9.53 Å². The number of nitrogens with one attached hydrogen (secondary N) is 1. The smallest absolute Gasteiger partial charge is 0.248 e. The Hall–Kier alpha value is -1.63. The van der Waals surface area contributed by atoms with Crippen molar-refractivity contribution in [2.75, 3.05) is 57.3 Å². The number of piperazine rings is 1. The van der Waals surface area contributed by atoms with Crippen LogP contribution in [0, 0.1) is 0 Å². The number of ether oxygens (including phenoxy) is 1. The summed E-state index contributed by atoms with van der Waals surface area (Å²) in [5.74, 6) is -0.375. The number of amides is 1. The summed E-state index contributed by atoms with van der Waals surface area (Å²) in [6.45, 7) is 8.11. The number of carbonyl (C=O) groups excluding carboxylic acids is 1. The first-order valence-corrected chi connectivity index (χ1v) is 8.92. The lowest BCUT2D eigenvalue weighted by molar-refractivity contribution is 0.0195. The van der Waals surface area contributed by atoms with Gasteiger partial charge in [0.05, 0.1) is 12.7 Å². The van der Waals surface area contributed by atoms with Crippen molar-refractivity contribution in [1.82, 2.24) is 10.2 Å². The molecule has 3 rings (SSSR count). The van der Waals surface area contributed by atoms with Crippen molar-refractivity contribution >= 4 is 11.6 Å². The number of hydrogen-bond donors (Lipinski definition) is 2. The molecule has 1 aromatic rings. The van der Waals surface area contributed by atoms with E-state index in [2.05, 4.69) is 15.1 Å². The van der Waals surface area contributed by atoms with Crippen LogP contribution in [0.15, 0.2) is 24.3 Å². The summed E-state index contributed by atoms with van der Waals surface area (Å²) in [6, 6.07) is 7.57. The molecular formula is C18H28N4O2. The van der Waals surface area contributed by atoms with Crippen LogP contribution in [-0.2, 0) is 4.74 Å². The zero-order valence-corrected chi connectivity index (χ0v) is 14.2. The van der Waals surface area contributed by atoms with Crippen LogP contribution < -0.4 is 16.0 Å². The fourth-order valence-corrected chi connectivity index (χ4v) is 3.38. The molecule has 2 saturated heterocycles. The van der Waals surface area contributed by atoms with Gasteiger partial charge in [-0.15, -0.1) is 0 Å². The van der Waals surface area contributed by atoms with Crippen molar-refractivity contribution in [3.8, 4) is 0 Å². The zero-order chi connectivity index (χ0) is 16.8. The molecule has 0 atom stereocenters. The molecule has 0 bridgehead atoms. The van der Waals surface area contributed by atoms with E-state index in [9.17, 15) is 4.79 Å². The van der Waals surface area contributed by atoms with Crippen molar-refractivity contribution in [3.05, 3.63) is 29.8 Å². The fraction of sp³-hybridized carbons (Fsp3) is 0.611. The van der Waals surface area contributed by atoms with Gasteiger partial charge in [-0.3, -0.25) is 9.69 Å². The standard InChI is InChI=1S/C18H28N4O2/c19-18(23)15-1-3-16(4-2-15)22-11-9-21(10-12-22)13-14-24-17-5-7-20-8-6-17/h1-4,17,20H,5-14H2,(H2,19,23). The summed E-state index contributed by atoms with van der Waals surface area (Å²) in [5.41, 5.74) is 7.01. The van der Waals surface area contributed by atoms with Gasteiger partial charge in [-0.1, -0.05) is 0 Å². The summed E-state index contributed by atoms with van der Waals surface area (Å²) in [4.78, 5) is 16.0. The molecule has 3 N–H and O–H groups in total. The largest absolute Gasteiger partial charge is 0.377 e. The summed E-state index contributed by atoms with van der Waals surface area (Å²) in [5, 5.41) is 3.36. The van der Waals surface area contributed by atoms with E-state index in [1.807, 2.05) is 12.1 Å². The summed E-state index contributed by atoms with van der Waals surface area (Å²) >= 11 is 0. The van der Waals surface area contributed by atoms with E-state index in [-0.39, 0.29) is 5.91 Å². The van der Waals surface area contributed by atoms with Crippen LogP contribution in [0.4, 0.5) is 5.69 Å². The van der Waals surface area contributed by atoms with Crippen LogP contribution in [0.5, 0.6) is 0 Å². The Bertz CT molecular complexity index is 520. The number of nitrogens with two attached hydrogens (primary N) is 1. The van der Waals surface area contributed by atoms with Gasteiger partial charge < -0.3 is 20.7 Å². The zero-order valence-electron chi connectivity index (χ0n) is 14.2. The van der Waals surface area contributed by atoms with Crippen molar-refractivity contribution in [1.29, 1.82) is 0 Å². The van der Waals surface area contributed by atoms with E-state index in [0.717, 1.165) is 70.9 Å². The van der Waals surface area contributed by atoms with E-state index >= 15 is 0 Å². The molecule has 2 heterocycles. The molecule has 0 unspecified atom stereocenters. The van der Waals surface area contributed by atoms with E-state index in [1.54, 1.807) is 12.1 Å². The molecule has 24 heavy (non-hydrogen) atoms. The predicted molar refractivity (Wildman–Crippen MR) is 95.5 cm³/mol. The van der Waals surface area contributed by atoms with Crippen molar-refractivity contribution in [2.24, 2.45) is 5.73 Å².